The predicted molar refractivity (Wildman–Crippen MR) is 74.0 cm³/mol. The Labute approximate surface area is 116 Å². The van der Waals surface area contributed by atoms with Crippen molar-refractivity contribution < 1.29 is 14.7 Å². The molecule has 0 radical (unpaired) electrons. The molecule has 19 heavy (non-hydrogen) atoms. The van der Waals surface area contributed by atoms with Gasteiger partial charge in [0.05, 0.1) is 6.54 Å². The molecule has 0 fully saturated rings. The van der Waals surface area contributed by atoms with Crippen LogP contribution in [0.4, 0.5) is 4.79 Å². The van der Waals surface area contributed by atoms with Gasteiger partial charge in [-0.1, -0.05) is 0 Å². The van der Waals surface area contributed by atoms with Crippen molar-refractivity contribution in [2.75, 3.05) is 0 Å². The van der Waals surface area contributed by atoms with Gasteiger partial charge in [-0.25, -0.2) is 9.59 Å². The highest BCUT2D eigenvalue weighted by Gasteiger charge is 2.18. The van der Waals surface area contributed by atoms with Crippen molar-refractivity contribution in [1.82, 2.24) is 10.6 Å². The molecule has 6 heteroatoms. The van der Waals surface area contributed by atoms with Crippen molar-refractivity contribution in [3.8, 4) is 12.3 Å². The summed E-state index contributed by atoms with van der Waals surface area (Å²) < 4.78 is 0. The second kappa shape index (κ2) is 6.81. The van der Waals surface area contributed by atoms with Gasteiger partial charge in [0.1, 0.15) is 6.04 Å². The number of thiophene rings is 1. The first-order valence-corrected chi connectivity index (χ1v) is 6.52. The zero-order valence-electron chi connectivity index (χ0n) is 10.8. The Bertz CT molecular complexity index is 497. The van der Waals surface area contributed by atoms with Gasteiger partial charge in [-0.2, -0.15) is 0 Å². The Hall–Kier alpha value is -2.00. The number of aryl methyl sites for hydroxylation is 2. The highest BCUT2D eigenvalue weighted by molar-refractivity contribution is 7.12. The van der Waals surface area contributed by atoms with Crippen LogP contribution in [0.2, 0.25) is 0 Å². The van der Waals surface area contributed by atoms with Crippen molar-refractivity contribution >= 4 is 23.3 Å². The Morgan fingerprint density at radius 3 is 2.68 bits per heavy atom. The lowest BCUT2D eigenvalue weighted by atomic mass is 10.2. The van der Waals surface area contributed by atoms with E-state index in [9.17, 15) is 9.59 Å². The van der Waals surface area contributed by atoms with Crippen molar-refractivity contribution in [1.29, 1.82) is 0 Å². The summed E-state index contributed by atoms with van der Waals surface area (Å²) in [4.78, 5) is 24.6. The zero-order chi connectivity index (χ0) is 14.4. The number of terminal acetylenes is 1. The third-order valence-corrected chi connectivity index (χ3v) is 3.72. The molecule has 1 unspecified atom stereocenters. The van der Waals surface area contributed by atoms with Gasteiger partial charge in [0, 0.05) is 16.2 Å². The highest BCUT2D eigenvalue weighted by Crippen LogP contribution is 2.20. The van der Waals surface area contributed by atoms with E-state index in [1.54, 1.807) is 11.3 Å². The second-order valence-corrected chi connectivity index (χ2v) is 5.42. The highest BCUT2D eigenvalue weighted by atomic mass is 32.1. The Morgan fingerprint density at radius 1 is 1.53 bits per heavy atom. The summed E-state index contributed by atoms with van der Waals surface area (Å²) in [5.74, 6) is 1.08. The lowest BCUT2D eigenvalue weighted by molar-refractivity contribution is -0.139. The van der Waals surface area contributed by atoms with Gasteiger partial charge in [0.15, 0.2) is 0 Å². The number of nitrogens with one attached hydrogen (secondary N) is 2. The zero-order valence-corrected chi connectivity index (χ0v) is 11.6. The smallest absolute Gasteiger partial charge is 0.327 e. The fraction of sp³-hybridized carbons (Fsp3) is 0.385. The van der Waals surface area contributed by atoms with Crippen LogP contribution < -0.4 is 10.6 Å². The fourth-order valence-electron chi connectivity index (χ4n) is 1.43. The quantitative estimate of drug-likeness (QED) is 0.717. The van der Waals surface area contributed by atoms with E-state index in [0.717, 1.165) is 4.88 Å². The van der Waals surface area contributed by atoms with Gasteiger partial charge in [0.25, 0.3) is 0 Å². The molecule has 0 aliphatic heterocycles. The van der Waals surface area contributed by atoms with Gasteiger partial charge < -0.3 is 15.7 Å². The summed E-state index contributed by atoms with van der Waals surface area (Å²) in [5.41, 5.74) is 1.18. The molecule has 1 aromatic rings. The molecule has 0 aliphatic rings. The number of carbonyl (C=O) groups is 2. The number of hydrogen-bond acceptors (Lipinski definition) is 3. The topological polar surface area (TPSA) is 78.4 Å². The molecule has 0 aliphatic carbocycles. The van der Waals surface area contributed by atoms with Gasteiger partial charge in [0.2, 0.25) is 0 Å². The molecular weight excluding hydrogens is 264 g/mol. The van der Waals surface area contributed by atoms with Crippen LogP contribution in [0.5, 0.6) is 0 Å². The molecule has 0 aromatic carbocycles. The minimum absolute atomic E-state index is 0.0417. The molecule has 0 spiro atoms. The normalized spacial score (nSPS) is 11.4. The Balaban J connectivity index is 2.47. The van der Waals surface area contributed by atoms with E-state index < -0.39 is 18.0 Å². The van der Waals surface area contributed by atoms with Gasteiger partial charge in [-0.3, -0.25) is 0 Å². The van der Waals surface area contributed by atoms with Crippen molar-refractivity contribution in [2.24, 2.45) is 0 Å². The van der Waals surface area contributed by atoms with Gasteiger partial charge in [-0.05, 0) is 25.5 Å². The summed E-state index contributed by atoms with van der Waals surface area (Å²) in [5, 5.41) is 13.8. The lowest BCUT2D eigenvalue weighted by Crippen LogP contribution is -2.45. The minimum Gasteiger partial charge on any atom is -0.480 e. The van der Waals surface area contributed by atoms with E-state index in [-0.39, 0.29) is 6.42 Å². The van der Waals surface area contributed by atoms with Crippen LogP contribution in [0.3, 0.4) is 0 Å². The number of urea groups is 1. The van der Waals surface area contributed by atoms with E-state index >= 15 is 0 Å². The van der Waals surface area contributed by atoms with E-state index in [1.165, 1.54) is 10.4 Å². The predicted octanol–water partition coefficient (Wildman–Crippen LogP) is 1.64. The molecule has 1 aromatic heterocycles. The first-order chi connectivity index (χ1) is 8.93. The summed E-state index contributed by atoms with van der Waals surface area (Å²) >= 11 is 1.60. The number of hydrogen-bond donors (Lipinski definition) is 3. The Kier molecular flexibility index (Phi) is 5.39. The first kappa shape index (κ1) is 15.1. The summed E-state index contributed by atoms with van der Waals surface area (Å²) in [7, 11) is 0. The number of carboxylic acids is 1. The molecule has 5 nitrogen and oxygen atoms in total. The summed E-state index contributed by atoms with van der Waals surface area (Å²) in [6.45, 7) is 4.38. The lowest BCUT2D eigenvalue weighted by Gasteiger charge is -2.12. The third kappa shape index (κ3) is 4.64. The molecule has 1 heterocycles. The molecule has 102 valence electrons. The molecule has 0 saturated carbocycles. The largest absolute Gasteiger partial charge is 0.480 e. The number of carboxylic acid groups (broad SMARTS) is 1. The second-order valence-electron chi connectivity index (χ2n) is 4.08. The molecular formula is C13H16N2O3S. The molecule has 1 atom stereocenters. The Morgan fingerprint density at radius 2 is 2.21 bits per heavy atom. The van der Waals surface area contributed by atoms with Crippen LogP contribution in [-0.4, -0.2) is 23.1 Å². The monoisotopic (exact) mass is 280 g/mol. The van der Waals surface area contributed by atoms with Crippen molar-refractivity contribution in [2.45, 2.75) is 32.9 Å². The van der Waals surface area contributed by atoms with Crippen LogP contribution in [0.1, 0.15) is 21.7 Å². The number of aliphatic carboxylic acids is 1. The summed E-state index contributed by atoms with van der Waals surface area (Å²) in [6, 6.07) is 0.402. The van der Waals surface area contributed by atoms with Crippen LogP contribution >= 0.6 is 11.3 Å². The van der Waals surface area contributed by atoms with E-state index in [4.69, 9.17) is 11.5 Å². The number of carbonyl (C=O) groups excluding carboxylic acids is 1. The number of amides is 2. The van der Waals surface area contributed by atoms with E-state index in [1.807, 2.05) is 19.9 Å². The van der Waals surface area contributed by atoms with Crippen molar-refractivity contribution in [3.63, 3.8) is 0 Å². The van der Waals surface area contributed by atoms with Gasteiger partial charge in [-0.15, -0.1) is 23.7 Å². The van der Waals surface area contributed by atoms with Crippen LogP contribution in [0.15, 0.2) is 6.07 Å². The first-order valence-electron chi connectivity index (χ1n) is 5.70. The fourth-order valence-corrected chi connectivity index (χ4v) is 2.42. The van der Waals surface area contributed by atoms with E-state index in [0.29, 0.717) is 6.54 Å². The van der Waals surface area contributed by atoms with Crippen LogP contribution in [0, 0.1) is 26.2 Å². The van der Waals surface area contributed by atoms with Crippen LogP contribution in [-0.2, 0) is 11.3 Å². The molecule has 0 saturated heterocycles. The third-order valence-electron chi connectivity index (χ3n) is 2.57. The van der Waals surface area contributed by atoms with Gasteiger partial charge >= 0.3 is 12.0 Å². The molecule has 3 N–H and O–H groups in total. The number of rotatable bonds is 5. The standard InChI is InChI=1S/C13H16N2O3S/c1-4-5-11(12(16)17)15-13(18)14-7-10-6-8(2)9(3)19-10/h1,6,11H,5,7H2,2-3H3,(H,16,17)(H2,14,15,18). The SMILES string of the molecule is C#CCC(NC(=O)NCc1cc(C)c(C)s1)C(=O)O. The maximum absolute atomic E-state index is 11.5. The average Bonchev–Trinajstić information content (AvgIpc) is 2.65. The maximum Gasteiger partial charge on any atom is 0.327 e. The minimum atomic E-state index is -1.14. The van der Waals surface area contributed by atoms with E-state index in [2.05, 4.69) is 16.6 Å². The average molecular weight is 280 g/mol. The molecule has 1 rings (SSSR count). The van der Waals surface area contributed by atoms with Crippen molar-refractivity contribution in [3.05, 3.63) is 21.4 Å². The molecule has 2 amide bonds. The molecule has 0 bridgehead atoms. The summed E-state index contributed by atoms with van der Waals surface area (Å²) in [6.07, 6.45) is 5.00. The van der Waals surface area contributed by atoms with Crippen LogP contribution in [0.25, 0.3) is 0 Å². The maximum atomic E-state index is 11.5.